The molecule has 8 heterocycles. The van der Waals surface area contributed by atoms with E-state index in [-0.39, 0.29) is 81.3 Å². The standard InChI is InChI=1S/C68H76N14O8S2/c1-7-38(4)60(80(37(2)3)58(84)30-46-36-92-56-18-11-9-16-50(46)56)66(88)74-52-24-22-43-25-40(26-44-28-54(82(62(43)44)68(52)90)64(86)70-32-48-34-72-78-76-48)20-19-39(5)59(79(6)57(83)29-45-35-91-55-17-10-8-15-49(45)55)65(87)73-51-23-21-41-13-12-14-42-27-53(81(61(41)42)67(51)89)63(85)69-31-47-33-71-77-75-47/h8-18,25-26,33-39,51-54,59-60H,7,19-24,27-32H2,1-6H3,(H,69,85)(H,70,86)(H,73,87)(H,74,88)(H,71,75,77)(H,72,76,78)/t38-,39-,51-,52-,53-,54-,59-,60-/m0/s1. The minimum absolute atomic E-state index is 0.0359. The molecule has 8 aromatic rings. The quantitative estimate of drug-likeness (QED) is 0.0396. The molecule has 4 aromatic heterocycles. The first-order valence-corrected chi connectivity index (χ1v) is 33.5. The van der Waals surface area contributed by atoms with Crippen molar-refractivity contribution in [3.05, 3.63) is 152 Å². The van der Waals surface area contributed by atoms with E-state index in [0.29, 0.717) is 54.9 Å². The number of likely N-dealkylation sites (N-methyl/N-ethyl adjacent to an activating group) is 1. The number of anilines is 2. The maximum absolute atomic E-state index is 15.3. The largest absolute Gasteiger partial charge is 0.348 e. The van der Waals surface area contributed by atoms with E-state index in [4.69, 9.17) is 0 Å². The summed E-state index contributed by atoms with van der Waals surface area (Å²) in [6, 6.07) is 19.4. The number of H-pyrrole nitrogens is 2. The number of benzene rings is 4. The van der Waals surface area contributed by atoms with Gasteiger partial charge in [-0.25, -0.2) is 0 Å². The Morgan fingerprint density at radius 3 is 1.70 bits per heavy atom. The van der Waals surface area contributed by atoms with Gasteiger partial charge in [0.25, 0.3) is 0 Å². The average Bonchev–Trinajstić information content (AvgIpc) is 1.63. The van der Waals surface area contributed by atoms with Crippen molar-refractivity contribution in [3.63, 3.8) is 0 Å². The highest BCUT2D eigenvalue weighted by molar-refractivity contribution is 7.17. The fraction of sp³-hybridized carbons (Fsp3) is 0.412. The molecule has 0 aliphatic carbocycles. The molecule has 24 heteroatoms. The molecule has 6 N–H and O–H groups in total. The summed E-state index contributed by atoms with van der Waals surface area (Å²) in [5.74, 6) is -3.84. The van der Waals surface area contributed by atoms with Crippen molar-refractivity contribution in [1.29, 1.82) is 0 Å². The third kappa shape index (κ3) is 12.6. The van der Waals surface area contributed by atoms with Crippen molar-refractivity contribution in [1.82, 2.24) is 61.9 Å². The number of thiophene rings is 2. The van der Waals surface area contributed by atoms with Gasteiger partial charge in [0.15, 0.2) is 0 Å². The Balaban J connectivity index is 0.808. The molecule has 478 valence electrons. The van der Waals surface area contributed by atoms with Crippen LogP contribution in [0.4, 0.5) is 11.4 Å². The van der Waals surface area contributed by atoms with Crippen LogP contribution < -0.4 is 31.1 Å². The van der Waals surface area contributed by atoms with Crippen molar-refractivity contribution in [2.75, 3.05) is 16.8 Å². The molecule has 0 fully saturated rings. The second kappa shape index (κ2) is 27.0. The van der Waals surface area contributed by atoms with Gasteiger partial charge < -0.3 is 31.1 Å². The molecular weight excluding hydrogens is 1200 g/mol. The number of aromatic nitrogens is 6. The molecule has 0 spiro atoms. The lowest BCUT2D eigenvalue weighted by atomic mass is 9.90. The van der Waals surface area contributed by atoms with E-state index < -0.39 is 71.7 Å². The maximum Gasteiger partial charge on any atom is 0.250 e. The van der Waals surface area contributed by atoms with Crippen LogP contribution in [-0.2, 0) is 96.4 Å². The monoisotopic (exact) mass is 1280 g/mol. The summed E-state index contributed by atoms with van der Waals surface area (Å²) in [7, 11) is 1.64. The highest BCUT2D eigenvalue weighted by atomic mass is 32.1. The van der Waals surface area contributed by atoms with Crippen LogP contribution in [0.25, 0.3) is 20.2 Å². The van der Waals surface area contributed by atoms with Crippen LogP contribution >= 0.6 is 22.7 Å². The normalized spacial score (nSPS) is 18.8. The highest BCUT2D eigenvalue weighted by Gasteiger charge is 2.48. The molecule has 0 unspecified atom stereocenters. The van der Waals surface area contributed by atoms with Crippen LogP contribution in [-0.4, -0.2) is 137 Å². The van der Waals surface area contributed by atoms with E-state index in [1.54, 1.807) is 39.5 Å². The third-order valence-electron chi connectivity index (χ3n) is 18.9. The number of nitrogens with zero attached hydrogens (tertiary/aromatic N) is 8. The molecule has 4 aromatic carbocycles. The van der Waals surface area contributed by atoms with Gasteiger partial charge in [0, 0.05) is 35.3 Å². The molecule has 22 nitrogen and oxygen atoms in total. The average molecular weight is 1280 g/mol. The van der Waals surface area contributed by atoms with E-state index >= 15 is 19.2 Å². The number of para-hydroxylation sites is 1. The van der Waals surface area contributed by atoms with Crippen LogP contribution in [0, 0.1) is 11.8 Å². The van der Waals surface area contributed by atoms with E-state index in [0.717, 1.165) is 59.1 Å². The number of aromatic amines is 2. The lowest BCUT2D eigenvalue weighted by Gasteiger charge is -2.38. The first kappa shape index (κ1) is 63.0. The van der Waals surface area contributed by atoms with Gasteiger partial charge in [0.1, 0.15) is 47.6 Å². The summed E-state index contributed by atoms with van der Waals surface area (Å²) < 4.78 is 2.11. The fourth-order valence-corrected chi connectivity index (χ4v) is 16.0. The van der Waals surface area contributed by atoms with Crippen LogP contribution in [0.3, 0.4) is 0 Å². The first-order chi connectivity index (χ1) is 44.5. The van der Waals surface area contributed by atoms with Crippen molar-refractivity contribution in [3.8, 4) is 0 Å². The van der Waals surface area contributed by atoms with Crippen LogP contribution in [0.15, 0.2) is 102 Å². The zero-order valence-corrected chi connectivity index (χ0v) is 54.0. The Kier molecular flexibility index (Phi) is 18.5. The Morgan fingerprint density at radius 2 is 1.14 bits per heavy atom. The molecule has 12 rings (SSSR count). The van der Waals surface area contributed by atoms with Crippen molar-refractivity contribution in [2.45, 2.75) is 161 Å². The number of fused-ring (bicyclic) bond motifs is 2. The Labute approximate surface area is 540 Å². The number of amides is 8. The van der Waals surface area contributed by atoms with Crippen LogP contribution in [0.2, 0.25) is 0 Å². The van der Waals surface area contributed by atoms with Gasteiger partial charge in [-0.05, 0) is 137 Å². The molecule has 0 radical (unpaired) electrons. The van der Waals surface area contributed by atoms with Gasteiger partial charge in [0.2, 0.25) is 47.3 Å². The Bertz CT molecular complexity index is 4110. The third-order valence-corrected chi connectivity index (χ3v) is 20.9. The number of carbonyl (C=O) groups is 8. The lowest BCUT2D eigenvalue weighted by molar-refractivity contribution is -0.145. The minimum Gasteiger partial charge on any atom is -0.348 e. The van der Waals surface area contributed by atoms with E-state index in [9.17, 15) is 19.2 Å². The molecule has 4 aliphatic rings. The smallest absolute Gasteiger partial charge is 0.250 e. The van der Waals surface area contributed by atoms with Gasteiger partial charge in [-0.1, -0.05) is 93.9 Å². The topological polar surface area (TPSA) is 281 Å². The number of rotatable bonds is 23. The molecule has 4 aliphatic heterocycles. The summed E-state index contributed by atoms with van der Waals surface area (Å²) in [6.45, 7) is 9.81. The van der Waals surface area contributed by atoms with Gasteiger partial charge in [-0.15, -0.1) is 22.7 Å². The van der Waals surface area contributed by atoms with Gasteiger partial charge in [0.05, 0.1) is 49.7 Å². The summed E-state index contributed by atoms with van der Waals surface area (Å²) in [4.78, 5) is 125. The number of aryl methyl sites for hydroxylation is 3. The van der Waals surface area contributed by atoms with Gasteiger partial charge >= 0.3 is 0 Å². The predicted octanol–water partition coefficient (Wildman–Crippen LogP) is 6.60. The molecule has 0 saturated heterocycles. The predicted molar refractivity (Wildman–Crippen MR) is 350 cm³/mol. The minimum atomic E-state index is -1.05. The summed E-state index contributed by atoms with van der Waals surface area (Å²) in [5, 5.41) is 39.0. The highest BCUT2D eigenvalue weighted by Crippen LogP contribution is 2.42. The number of nitrogens with one attached hydrogen (secondary N) is 6. The van der Waals surface area contributed by atoms with Crippen molar-refractivity contribution < 1.29 is 38.4 Å². The SMILES string of the molecule is CC[C@H](C)[C@@H](C(=O)N[C@H]1CCc2cc(CC[C@H](C)[C@@H](C(=O)N[C@H]3CCc4cccc5c4N(C3=O)[C@H](C(=O)NCc3cn[nH]n3)C5)N(C)C(=O)Cc3csc4ccccc34)cc3c2N(C1=O)[C@H](C(=O)NCc1cn[nH]n1)C3)N(C(=O)Cc1csc2ccccc12)C(C)C. The summed E-state index contributed by atoms with van der Waals surface area (Å²) >= 11 is 3.12. The second-order valence-electron chi connectivity index (χ2n) is 25.2. The molecular formula is C68H76N14O8S2. The van der Waals surface area contributed by atoms with Gasteiger partial charge in [-0.2, -0.15) is 30.8 Å². The summed E-state index contributed by atoms with van der Waals surface area (Å²) in [5.41, 5.74) is 8.28. The van der Waals surface area contributed by atoms with Crippen molar-refractivity contribution >= 4 is 101 Å². The van der Waals surface area contributed by atoms with Crippen molar-refractivity contribution in [2.24, 2.45) is 11.8 Å². The molecule has 8 amide bonds. The first-order valence-electron chi connectivity index (χ1n) is 31.7. The number of hydrogen-bond acceptors (Lipinski definition) is 14. The van der Waals surface area contributed by atoms with Crippen LogP contribution in [0.1, 0.15) is 111 Å². The van der Waals surface area contributed by atoms with E-state index in [2.05, 4.69) is 52.1 Å². The molecule has 8 atom stereocenters. The molecule has 0 saturated carbocycles. The maximum atomic E-state index is 15.3. The fourth-order valence-electron chi connectivity index (χ4n) is 14.0. The zero-order chi connectivity index (χ0) is 64.5. The zero-order valence-electron chi connectivity index (χ0n) is 52.4. The van der Waals surface area contributed by atoms with Crippen LogP contribution in [0.5, 0.6) is 0 Å². The second-order valence-corrected chi connectivity index (χ2v) is 27.0. The number of hydrogen-bond donors (Lipinski definition) is 6. The molecule has 0 bridgehead atoms. The van der Waals surface area contributed by atoms with E-state index in [1.165, 1.54) is 22.2 Å². The van der Waals surface area contributed by atoms with E-state index in [1.807, 2.05) is 124 Å². The Hall–Kier alpha value is -9.16. The number of carbonyl (C=O) groups excluding carboxylic acids is 8. The Morgan fingerprint density at radius 1 is 0.630 bits per heavy atom. The summed E-state index contributed by atoms with van der Waals surface area (Å²) in [6.07, 6.45) is 6.30. The molecule has 92 heavy (non-hydrogen) atoms. The van der Waals surface area contributed by atoms with Gasteiger partial charge in [-0.3, -0.25) is 48.2 Å². The lowest BCUT2D eigenvalue weighted by Crippen LogP contribution is -2.60.